The van der Waals surface area contributed by atoms with Crippen molar-refractivity contribution in [2.24, 2.45) is 5.92 Å². The molecule has 0 atom stereocenters. The first-order valence-electron chi connectivity index (χ1n) is 8.13. The average molecular weight is 377 g/mol. The molecule has 0 fully saturated rings. The number of methoxy groups -OCH3 is 3. The molecule has 0 unspecified atom stereocenters. The van der Waals surface area contributed by atoms with Crippen LogP contribution in [0.2, 0.25) is 0 Å². The molecule has 0 radical (unpaired) electrons. The lowest BCUT2D eigenvalue weighted by Crippen LogP contribution is -2.15. The molecule has 26 heavy (non-hydrogen) atoms. The van der Waals surface area contributed by atoms with Gasteiger partial charge in [0.1, 0.15) is 5.00 Å². The Morgan fingerprint density at radius 3 is 2.38 bits per heavy atom. The second-order valence-electron chi connectivity index (χ2n) is 6.08. The third-order valence-corrected chi connectivity index (χ3v) is 4.70. The van der Waals surface area contributed by atoms with E-state index in [1.165, 1.54) is 32.7 Å². The summed E-state index contributed by atoms with van der Waals surface area (Å²) in [7, 11) is 4.37. The molecule has 0 bridgehead atoms. The molecule has 0 aliphatic carbocycles. The maximum Gasteiger partial charge on any atom is 0.341 e. The maximum absolute atomic E-state index is 12.6. The van der Waals surface area contributed by atoms with E-state index in [2.05, 4.69) is 19.2 Å². The minimum atomic E-state index is -0.454. The smallest absolute Gasteiger partial charge is 0.341 e. The molecule has 0 saturated heterocycles. The predicted octanol–water partition coefficient (Wildman–Crippen LogP) is 4.00. The Morgan fingerprint density at radius 1 is 1.12 bits per heavy atom. The Hall–Kier alpha value is -2.54. The highest BCUT2D eigenvalue weighted by molar-refractivity contribution is 7.15. The van der Waals surface area contributed by atoms with Crippen LogP contribution in [0.5, 0.6) is 11.5 Å². The van der Waals surface area contributed by atoms with Crippen molar-refractivity contribution in [3.63, 3.8) is 0 Å². The van der Waals surface area contributed by atoms with Gasteiger partial charge in [0, 0.05) is 5.56 Å². The summed E-state index contributed by atoms with van der Waals surface area (Å²) in [6.07, 6.45) is 0.729. The normalized spacial score (nSPS) is 10.5. The Labute approximate surface area is 157 Å². The molecule has 0 spiro atoms. The standard InChI is InChI=1S/C19H23NO5S/c1-11(2)8-13-10-26-18(16(13)19(22)25-5)20-17(21)12-6-7-14(23-3)15(9-12)24-4/h6-7,9-11H,8H2,1-5H3,(H,20,21). The maximum atomic E-state index is 12.6. The van der Waals surface area contributed by atoms with Gasteiger partial charge in [0.2, 0.25) is 0 Å². The molecular formula is C19H23NO5S. The van der Waals surface area contributed by atoms with Gasteiger partial charge in [-0.05, 0) is 41.5 Å². The third-order valence-electron chi connectivity index (χ3n) is 3.76. The molecule has 1 N–H and O–H groups in total. The summed E-state index contributed by atoms with van der Waals surface area (Å²) in [4.78, 5) is 24.8. The molecule has 0 aliphatic heterocycles. The van der Waals surface area contributed by atoms with E-state index in [0.717, 1.165) is 12.0 Å². The molecule has 6 nitrogen and oxygen atoms in total. The van der Waals surface area contributed by atoms with Gasteiger partial charge in [-0.3, -0.25) is 4.79 Å². The number of nitrogens with one attached hydrogen (secondary N) is 1. The van der Waals surface area contributed by atoms with Gasteiger partial charge in [0.05, 0.1) is 26.9 Å². The number of hydrogen-bond acceptors (Lipinski definition) is 6. The van der Waals surface area contributed by atoms with Crippen LogP contribution in [-0.2, 0) is 11.2 Å². The Bertz CT molecular complexity index is 797. The number of carbonyl (C=O) groups is 2. The Kier molecular flexibility index (Phi) is 6.63. The van der Waals surface area contributed by atoms with Crippen LogP contribution in [0.3, 0.4) is 0 Å². The summed E-state index contributed by atoms with van der Waals surface area (Å²) in [6.45, 7) is 4.14. The molecule has 2 rings (SSSR count). The second-order valence-corrected chi connectivity index (χ2v) is 6.96. The minimum absolute atomic E-state index is 0.339. The molecule has 1 heterocycles. The van der Waals surface area contributed by atoms with E-state index in [1.807, 2.05) is 5.38 Å². The van der Waals surface area contributed by atoms with Crippen LogP contribution in [-0.4, -0.2) is 33.2 Å². The summed E-state index contributed by atoms with van der Waals surface area (Å²) in [5, 5.41) is 5.17. The van der Waals surface area contributed by atoms with Crippen LogP contribution in [0.4, 0.5) is 5.00 Å². The lowest BCUT2D eigenvalue weighted by atomic mass is 10.0. The van der Waals surface area contributed by atoms with Gasteiger partial charge in [-0.2, -0.15) is 0 Å². The number of rotatable bonds is 7. The summed E-state index contributed by atoms with van der Waals surface area (Å²) in [5.74, 6) is 0.579. The number of thiophene rings is 1. The summed E-state index contributed by atoms with van der Waals surface area (Å²) in [5.41, 5.74) is 1.69. The van der Waals surface area contributed by atoms with Gasteiger partial charge in [0.15, 0.2) is 11.5 Å². The third kappa shape index (κ3) is 4.35. The Morgan fingerprint density at radius 2 is 1.81 bits per heavy atom. The molecule has 7 heteroatoms. The first-order valence-corrected chi connectivity index (χ1v) is 9.01. The SMILES string of the molecule is COC(=O)c1c(CC(C)C)csc1NC(=O)c1ccc(OC)c(OC)c1. The average Bonchev–Trinajstić information content (AvgIpc) is 3.01. The zero-order chi connectivity index (χ0) is 19.3. The molecule has 1 aromatic carbocycles. The number of ether oxygens (including phenoxy) is 3. The summed E-state index contributed by atoms with van der Waals surface area (Å²) in [6, 6.07) is 4.89. The van der Waals surface area contributed by atoms with Crippen molar-refractivity contribution in [2.45, 2.75) is 20.3 Å². The van der Waals surface area contributed by atoms with Crippen molar-refractivity contribution in [1.82, 2.24) is 0 Å². The number of carbonyl (C=O) groups excluding carboxylic acids is 2. The van der Waals surface area contributed by atoms with Gasteiger partial charge in [-0.1, -0.05) is 13.8 Å². The number of amides is 1. The van der Waals surface area contributed by atoms with E-state index in [1.54, 1.807) is 18.2 Å². The van der Waals surface area contributed by atoms with Gasteiger partial charge in [-0.15, -0.1) is 11.3 Å². The van der Waals surface area contributed by atoms with Crippen LogP contribution in [0.15, 0.2) is 23.6 Å². The van der Waals surface area contributed by atoms with Crippen LogP contribution in [0.25, 0.3) is 0 Å². The van der Waals surface area contributed by atoms with Crippen molar-refractivity contribution in [3.8, 4) is 11.5 Å². The van der Waals surface area contributed by atoms with Crippen LogP contribution < -0.4 is 14.8 Å². The summed E-state index contributed by atoms with van der Waals surface area (Å²) < 4.78 is 15.3. The fourth-order valence-corrected chi connectivity index (χ4v) is 3.51. The molecule has 1 amide bonds. The van der Waals surface area contributed by atoms with Crippen LogP contribution in [0.1, 0.15) is 40.1 Å². The fourth-order valence-electron chi connectivity index (χ4n) is 2.55. The van der Waals surface area contributed by atoms with Gasteiger partial charge in [0.25, 0.3) is 5.91 Å². The Balaban J connectivity index is 2.31. The molecule has 1 aromatic heterocycles. The van der Waals surface area contributed by atoms with E-state index >= 15 is 0 Å². The lowest BCUT2D eigenvalue weighted by Gasteiger charge is -2.11. The zero-order valence-electron chi connectivity index (χ0n) is 15.5. The van der Waals surface area contributed by atoms with E-state index in [4.69, 9.17) is 14.2 Å². The van der Waals surface area contributed by atoms with Crippen molar-refractivity contribution in [3.05, 3.63) is 40.3 Å². The largest absolute Gasteiger partial charge is 0.493 e. The first kappa shape index (κ1) is 19.8. The second kappa shape index (κ2) is 8.71. The number of esters is 1. The number of hydrogen-bond donors (Lipinski definition) is 1. The van der Waals surface area contributed by atoms with Crippen molar-refractivity contribution in [1.29, 1.82) is 0 Å². The summed E-state index contributed by atoms with van der Waals surface area (Å²) >= 11 is 1.31. The highest BCUT2D eigenvalue weighted by Gasteiger charge is 2.22. The van der Waals surface area contributed by atoms with E-state index in [0.29, 0.717) is 33.5 Å². The topological polar surface area (TPSA) is 73.9 Å². The lowest BCUT2D eigenvalue weighted by molar-refractivity contribution is 0.0601. The van der Waals surface area contributed by atoms with Crippen molar-refractivity contribution in [2.75, 3.05) is 26.6 Å². The first-order chi connectivity index (χ1) is 12.4. The van der Waals surface area contributed by atoms with Gasteiger partial charge >= 0.3 is 5.97 Å². The van der Waals surface area contributed by atoms with Gasteiger partial charge in [-0.25, -0.2) is 4.79 Å². The van der Waals surface area contributed by atoms with Crippen LogP contribution in [0, 0.1) is 5.92 Å². The molecular weight excluding hydrogens is 354 g/mol. The quantitative estimate of drug-likeness (QED) is 0.738. The molecule has 2 aromatic rings. The molecule has 0 aliphatic rings. The zero-order valence-corrected chi connectivity index (χ0v) is 16.4. The minimum Gasteiger partial charge on any atom is -0.493 e. The highest BCUT2D eigenvalue weighted by atomic mass is 32.1. The number of benzene rings is 1. The van der Waals surface area contributed by atoms with Crippen LogP contribution >= 0.6 is 11.3 Å². The predicted molar refractivity (Wildman–Crippen MR) is 102 cm³/mol. The van der Waals surface area contributed by atoms with Crippen molar-refractivity contribution >= 4 is 28.2 Å². The molecule has 0 saturated carbocycles. The monoisotopic (exact) mass is 377 g/mol. The van der Waals surface area contributed by atoms with E-state index < -0.39 is 5.97 Å². The number of anilines is 1. The molecule has 140 valence electrons. The highest BCUT2D eigenvalue weighted by Crippen LogP contribution is 2.32. The van der Waals surface area contributed by atoms with E-state index in [-0.39, 0.29) is 5.91 Å². The van der Waals surface area contributed by atoms with E-state index in [9.17, 15) is 9.59 Å². The van der Waals surface area contributed by atoms with Crippen molar-refractivity contribution < 1.29 is 23.8 Å². The van der Waals surface area contributed by atoms with Gasteiger partial charge < -0.3 is 19.5 Å². The fraction of sp³-hybridized carbons (Fsp3) is 0.368.